The van der Waals surface area contributed by atoms with Crippen molar-refractivity contribution >= 4 is 17.0 Å². The number of likely N-dealkylation sites (N-methyl/N-ethyl adjacent to an activating group) is 1. The number of aromatic nitrogens is 2. The second kappa shape index (κ2) is 11.5. The second-order valence-corrected chi connectivity index (χ2v) is 11.5. The van der Waals surface area contributed by atoms with Crippen molar-refractivity contribution in [1.82, 2.24) is 19.8 Å². The Morgan fingerprint density at radius 3 is 2.65 bits per heavy atom. The summed E-state index contributed by atoms with van der Waals surface area (Å²) in [5.74, 6) is 0.959. The maximum absolute atomic E-state index is 13.7. The third-order valence-electron chi connectivity index (χ3n) is 7.08. The molecule has 4 rings (SSSR count). The van der Waals surface area contributed by atoms with E-state index in [0.717, 1.165) is 48.3 Å². The Labute approximate surface area is 219 Å². The zero-order valence-corrected chi connectivity index (χ0v) is 22.8. The highest BCUT2D eigenvalue weighted by atomic mass is 16.5. The van der Waals surface area contributed by atoms with Gasteiger partial charge in [-0.05, 0) is 62.9 Å². The van der Waals surface area contributed by atoms with Crippen LogP contribution in [-0.4, -0.2) is 46.7 Å². The first kappa shape index (κ1) is 26.9. The monoisotopic (exact) mass is 504 g/mol. The molecule has 1 saturated heterocycles. The van der Waals surface area contributed by atoms with E-state index >= 15 is 0 Å². The maximum Gasteiger partial charge on any atom is 0.407 e. The molecule has 7 nitrogen and oxygen atoms in total. The average molecular weight is 505 g/mol. The van der Waals surface area contributed by atoms with E-state index in [1.54, 1.807) is 0 Å². The molecule has 2 atom stereocenters. The number of carbonyl (C=O) groups excluding carboxylic acids is 1. The van der Waals surface area contributed by atoms with E-state index in [4.69, 9.17) is 9.72 Å². The summed E-state index contributed by atoms with van der Waals surface area (Å²) in [7, 11) is 2.13. The third kappa shape index (κ3) is 6.77. The second-order valence-electron chi connectivity index (χ2n) is 11.5. The van der Waals surface area contributed by atoms with Crippen molar-refractivity contribution in [3.05, 3.63) is 75.8 Å². The molecule has 0 saturated carbocycles. The van der Waals surface area contributed by atoms with Gasteiger partial charge in [0.25, 0.3) is 5.56 Å². The molecule has 1 N–H and O–H groups in total. The number of amides is 1. The Morgan fingerprint density at radius 1 is 1.16 bits per heavy atom. The van der Waals surface area contributed by atoms with Crippen molar-refractivity contribution in [2.45, 2.75) is 72.1 Å². The topological polar surface area (TPSA) is 76.5 Å². The van der Waals surface area contributed by atoms with Crippen LogP contribution in [0.4, 0.5) is 4.79 Å². The lowest BCUT2D eigenvalue weighted by molar-refractivity contribution is 0.128. The van der Waals surface area contributed by atoms with Crippen LogP contribution in [0.2, 0.25) is 0 Å². The van der Waals surface area contributed by atoms with Crippen LogP contribution in [0.1, 0.15) is 62.9 Å². The Kier molecular flexibility index (Phi) is 8.32. The van der Waals surface area contributed by atoms with Gasteiger partial charge < -0.3 is 15.0 Å². The van der Waals surface area contributed by atoms with E-state index in [1.165, 1.54) is 0 Å². The molecule has 7 heteroatoms. The molecule has 37 heavy (non-hydrogen) atoms. The average Bonchev–Trinajstić information content (AvgIpc) is 2.85. The predicted molar refractivity (Wildman–Crippen MR) is 148 cm³/mol. The van der Waals surface area contributed by atoms with E-state index in [2.05, 4.69) is 38.0 Å². The standard InChI is InChI=1S/C30H40N4O3/c1-21-13-14-25-24(18-21)28(35)34(20-30(2,3)4)27(32-25)23-12-9-17-33(5)26(23)15-16-31-29(36)37-19-22-10-7-6-8-11-22/h6-8,10-11,13-14,18,23,26H,9,12,15-17,19-20H2,1-5H3,(H,31,36). The van der Waals surface area contributed by atoms with Gasteiger partial charge in [-0.15, -0.1) is 0 Å². The number of benzene rings is 2. The maximum atomic E-state index is 13.7. The predicted octanol–water partition coefficient (Wildman–Crippen LogP) is 5.25. The smallest absolute Gasteiger partial charge is 0.407 e. The lowest BCUT2D eigenvalue weighted by Gasteiger charge is -2.40. The summed E-state index contributed by atoms with van der Waals surface area (Å²) in [5.41, 5.74) is 2.73. The lowest BCUT2D eigenvalue weighted by Crippen LogP contribution is -2.46. The SMILES string of the molecule is Cc1ccc2nc(C3CCCN(C)C3CCNC(=O)OCc3ccccc3)n(CC(C)(C)C)c(=O)c2c1. The Bertz CT molecular complexity index is 1280. The minimum absolute atomic E-state index is 0.0354. The first-order chi connectivity index (χ1) is 17.6. The van der Waals surface area contributed by atoms with Gasteiger partial charge in [0.1, 0.15) is 12.4 Å². The van der Waals surface area contributed by atoms with Crippen LogP contribution in [0.5, 0.6) is 0 Å². The van der Waals surface area contributed by atoms with Crippen molar-refractivity contribution < 1.29 is 9.53 Å². The number of likely N-dealkylation sites (tertiary alicyclic amines) is 1. The van der Waals surface area contributed by atoms with Crippen molar-refractivity contribution in [1.29, 1.82) is 0 Å². The Balaban J connectivity index is 1.55. The van der Waals surface area contributed by atoms with Gasteiger partial charge in [-0.1, -0.05) is 62.7 Å². The number of hydrogen-bond acceptors (Lipinski definition) is 5. The Hall–Kier alpha value is -3.19. The van der Waals surface area contributed by atoms with Crippen molar-refractivity contribution in [3.8, 4) is 0 Å². The number of piperidine rings is 1. The number of nitrogens with one attached hydrogen (secondary N) is 1. The molecule has 0 radical (unpaired) electrons. The molecule has 0 spiro atoms. The van der Waals surface area contributed by atoms with Gasteiger partial charge in [0.05, 0.1) is 10.9 Å². The zero-order valence-electron chi connectivity index (χ0n) is 22.8. The normalized spacial score (nSPS) is 18.6. The van der Waals surface area contributed by atoms with E-state index in [-0.39, 0.29) is 29.5 Å². The van der Waals surface area contributed by atoms with Crippen LogP contribution < -0.4 is 10.9 Å². The van der Waals surface area contributed by atoms with Crippen molar-refractivity contribution in [2.75, 3.05) is 20.1 Å². The molecule has 1 amide bonds. The number of carbonyl (C=O) groups is 1. The van der Waals surface area contributed by atoms with Gasteiger partial charge >= 0.3 is 6.09 Å². The summed E-state index contributed by atoms with van der Waals surface area (Å²) >= 11 is 0. The van der Waals surface area contributed by atoms with Gasteiger partial charge in [0.15, 0.2) is 0 Å². The number of ether oxygens (including phenoxy) is 1. The minimum Gasteiger partial charge on any atom is -0.445 e. The van der Waals surface area contributed by atoms with Crippen molar-refractivity contribution in [2.24, 2.45) is 5.41 Å². The van der Waals surface area contributed by atoms with Gasteiger partial charge in [-0.3, -0.25) is 9.36 Å². The van der Waals surface area contributed by atoms with Crippen LogP contribution in [0, 0.1) is 12.3 Å². The molecule has 2 aromatic carbocycles. The molecule has 198 valence electrons. The number of alkyl carbamates (subject to hydrolysis) is 1. The number of aryl methyl sites for hydroxylation is 1. The molecule has 1 fully saturated rings. The van der Waals surface area contributed by atoms with Crippen LogP contribution in [0.25, 0.3) is 10.9 Å². The molecule has 2 unspecified atom stereocenters. The van der Waals surface area contributed by atoms with E-state index < -0.39 is 6.09 Å². The molecule has 1 aliphatic heterocycles. The molecule has 1 aliphatic rings. The number of fused-ring (bicyclic) bond motifs is 1. The van der Waals surface area contributed by atoms with E-state index in [9.17, 15) is 9.59 Å². The summed E-state index contributed by atoms with van der Waals surface area (Å²) in [5, 5.41) is 3.59. The summed E-state index contributed by atoms with van der Waals surface area (Å²) in [6.07, 6.45) is 2.34. The van der Waals surface area contributed by atoms with Gasteiger partial charge in [-0.25, -0.2) is 9.78 Å². The van der Waals surface area contributed by atoms with Crippen LogP contribution >= 0.6 is 0 Å². The Morgan fingerprint density at radius 2 is 1.92 bits per heavy atom. The summed E-state index contributed by atoms with van der Waals surface area (Å²) < 4.78 is 7.30. The third-order valence-corrected chi connectivity index (χ3v) is 7.08. The van der Waals surface area contributed by atoms with Gasteiger partial charge in [0, 0.05) is 25.0 Å². The van der Waals surface area contributed by atoms with E-state index in [0.29, 0.717) is 18.5 Å². The molecule has 0 bridgehead atoms. The highest BCUT2D eigenvalue weighted by Gasteiger charge is 2.34. The first-order valence-electron chi connectivity index (χ1n) is 13.3. The largest absolute Gasteiger partial charge is 0.445 e. The van der Waals surface area contributed by atoms with Crippen molar-refractivity contribution in [3.63, 3.8) is 0 Å². The number of nitrogens with zero attached hydrogens (tertiary/aromatic N) is 3. The van der Waals surface area contributed by atoms with Crippen LogP contribution in [-0.2, 0) is 17.9 Å². The summed E-state index contributed by atoms with van der Waals surface area (Å²) in [6, 6.07) is 15.7. The van der Waals surface area contributed by atoms with Crippen LogP contribution in [0.15, 0.2) is 53.3 Å². The fraction of sp³-hybridized carbons (Fsp3) is 0.500. The zero-order chi connectivity index (χ0) is 26.6. The fourth-order valence-corrected chi connectivity index (χ4v) is 5.31. The first-order valence-corrected chi connectivity index (χ1v) is 13.3. The quantitative estimate of drug-likeness (QED) is 0.476. The molecule has 0 aliphatic carbocycles. The van der Waals surface area contributed by atoms with E-state index in [1.807, 2.05) is 60.0 Å². The van der Waals surface area contributed by atoms with Gasteiger partial charge in [0.2, 0.25) is 0 Å². The lowest BCUT2D eigenvalue weighted by atomic mass is 9.85. The number of rotatable bonds is 7. The number of hydrogen-bond donors (Lipinski definition) is 1. The summed E-state index contributed by atoms with van der Waals surface area (Å²) in [4.78, 5) is 33.5. The highest BCUT2D eigenvalue weighted by Crippen LogP contribution is 2.34. The van der Waals surface area contributed by atoms with Crippen LogP contribution in [0.3, 0.4) is 0 Å². The molecule has 2 heterocycles. The molecular formula is C30H40N4O3. The molecule has 1 aromatic heterocycles. The fourth-order valence-electron chi connectivity index (χ4n) is 5.31. The highest BCUT2D eigenvalue weighted by molar-refractivity contribution is 5.78. The summed E-state index contributed by atoms with van der Waals surface area (Å²) in [6.45, 7) is 10.8. The van der Waals surface area contributed by atoms with Gasteiger partial charge in [-0.2, -0.15) is 0 Å². The molecular weight excluding hydrogens is 464 g/mol. The minimum atomic E-state index is -0.414. The molecule has 3 aromatic rings.